The average molecular weight is 195 g/mol. The molecule has 2 heteroatoms. The number of hydrogen-bond acceptors (Lipinski definition) is 1. The predicted octanol–water partition coefficient (Wildman–Crippen LogP) is 3.00. The second-order valence-corrected chi connectivity index (χ2v) is 4.45. The van der Waals surface area contributed by atoms with E-state index in [1.165, 1.54) is 24.8 Å². The quantitative estimate of drug-likeness (QED) is 0.721. The SMILES string of the molecule is CC(C)=C(C)NC(=O)C1CCCCC1. The van der Waals surface area contributed by atoms with Crippen LogP contribution in [-0.4, -0.2) is 5.91 Å². The van der Waals surface area contributed by atoms with Gasteiger partial charge in [-0.05, 0) is 33.6 Å². The molecule has 0 spiro atoms. The van der Waals surface area contributed by atoms with Gasteiger partial charge in [0.2, 0.25) is 5.91 Å². The van der Waals surface area contributed by atoms with Crippen molar-refractivity contribution in [3.05, 3.63) is 11.3 Å². The summed E-state index contributed by atoms with van der Waals surface area (Å²) in [6.07, 6.45) is 5.87. The van der Waals surface area contributed by atoms with Crippen molar-refractivity contribution in [3.8, 4) is 0 Å². The van der Waals surface area contributed by atoms with Gasteiger partial charge in [-0.1, -0.05) is 24.8 Å². The van der Waals surface area contributed by atoms with Crippen molar-refractivity contribution in [1.82, 2.24) is 5.32 Å². The van der Waals surface area contributed by atoms with Crippen LogP contribution in [0.4, 0.5) is 0 Å². The minimum Gasteiger partial charge on any atom is -0.330 e. The van der Waals surface area contributed by atoms with E-state index >= 15 is 0 Å². The van der Waals surface area contributed by atoms with Crippen molar-refractivity contribution in [2.75, 3.05) is 0 Å². The van der Waals surface area contributed by atoms with Crippen LogP contribution < -0.4 is 5.32 Å². The minimum atomic E-state index is 0.225. The van der Waals surface area contributed by atoms with Gasteiger partial charge in [-0.2, -0.15) is 0 Å². The minimum absolute atomic E-state index is 0.225. The monoisotopic (exact) mass is 195 g/mol. The lowest BCUT2D eigenvalue weighted by Crippen LogP contribution is -2.31. The molecule has 2 nitrogen and oxygen atoms in total. The summed E-state index contributed by atoms with van der Waals surface area (Å²) in [6.45, 7) is 6.02. The molecule has 0 aliphatic heterocycles. The maximum Gasteiger partial charge on any atom is 0.227 e. The largest absolute Gasteiger partial charge is 0.330 e. The third-order valence-corrected chi connectivity index (χ3v) is 3.04. The van der Waals surface area contributed by atoms with E-state index in [0.717, 1.165) is 18.5 Å². The summed E-state index contributed by atoms with van der Waals surface area (Å²) in [5, 5.41) is 2.99. The maximum absolute atomic E-state index is 11.8. The summed E-state index contributed by atoms with van der Waals surface area (Å²) in [6, 6.07) is 0. The molecule has 0 aromatic carbocycles. The highest BCUT2D eigenvalue weighted by Crippen LogP contribution is 2.23. The Kier molecular flexibility index (Phi) is 4.18. The zero-order valence-corrected chi connectivity index (χ0v) is 9.52. The first-order valence-corrected chi connectivity index (χ1v) is 5.56. The standard InChI is InChI=1S/C12H21NO/c1-9(2)10(3)13-12(14)11-7-5-4-6-8-11/h11H,4-8H2,1-3H3,(H,13,14). The van der Waals surface area contributed by atoms with Crippen molar-refractivity contribution in [3.63, 3.8) is 0 Å². The molecule has 1 amide bonds. The molecule has 1 aliphatic carbocycles. The van der Waals surface area contributed by atoms with Crippen LogP contribution in [0.1, 0.15) is 52.9 Å². The number of amides is 1. The molecule has 80 valence electrons. The van der Waals surface area contributed by atoms with Crippen molar-refractivity contribution in [2.45, 2.75) is 52.9 Å². The van der Waals surface area contributed by atoms with Gasteiger partial charge in [0, 0.05) is 11.6 Å². The van der Waals surface area contributed by atoms with Gasteiger partial charge in [0.1, 0.15) is 0 Å². The highest BCUT2D eigenvalue weighted by atomic mass is 16.1. The third-order valence-electron chi connectivity index (χ3n) is 3.04. The molecule has 14 heavy (non-hydrogen) atoms. The van der Waals surface area contributed by atoms with Gasteiger partial charge in [-0.15, -0.1) is 0 Å². The van der Waals surface area contributed by atoms with Crippen LogP contribution in [0, 0.1) is 5.92 Å². The van der Waals surface area contributed by atoms with Crippen molar-refractivity contribution >= 4 is 5.91 Å². The van der Waals surface area contributed by atoms with Gasteiger partial charge in [0.15, 0.2) is 0 Å². The summed E-state index contributed by atoms with van der Waals surface area (Å²) >= 11 is 0. The Balaban J connectivity index is 2.45. The fourth-order valence-electron chi connectivity index (χ4n) is 1.78. The number of carbonyl (C=O) groups excluding carboxylic acids is 1. The molecule has 0 aromatic heterocycles. The zero-order valence-electron chi connectivity index (χ0n) is 9.52. The van der Waals surface area contributed by atoms with E-state index in [-0.39, 0.29) is 11.8 Å². The molecular formula is C12H21NO. The molecule has 1 rings (SSSR count). The molecule has 0 saturated heterocycles. The number of hydrogen-bond donors (Lipinski definition) is 1. The molecule has 0 bridgehead atoms. The Morgan fingerprint density at radius 3 is 2.14 bits per heavy atom. The molecular weight excluding hydrogens is 174 g/mol. The van der Waals surface area contributed by atoms with E-state index in [9.17, 15) is 4.79 Å². The second-order valence-electron chi connectivity index (χ2n) is 4.45. The highest BCUT2D eigenvalue weighted by Gasteiger charge is 2.20. The fraction of sp³-hybridized carbons (Fsp3) is 0.750. The molecule has 1 N–H and O–H groups in total. The lowest BCUT2D eigenvalue weighted by Gasteiger charge is -2.21. The summed E-state index contributed by atoms with van der Waals surface area (Å²) in [7, 11) is 0. The van der Waals surface area contributed by atoms with Crippen molar-refractivity contribution in [1.29, 1.82) is 0 Å². The molecule has 0 aromatic rings. The number of rotatable bonds is 2. The van der Waals surface area contributed by atoms with Gasteiger partial charge < -0.3 is 5.32 Å². The lowest BCUT2D eigenvalue weighted by molar-refractivity contribution is -0.125. The van der Waals surface area contributed by atoms with E-state index in [1.807, 2.05) is 20.8 Å². The number of nitrogens with one attached hydrogen (secondary N) is 1. The molecule has 0 atom stereocenters. The Bertz CT molecular complexity index is 233. The van der Waals surface area contributed by atoms with Crippen LogP contribution in [0.2, 0.25) is 0 Å². The van der Waals surface area contributed by atoms with Crippen LogP contribution in [-0.2, 0) is 4.79 Å². The summed E-state index contributed by atoms with van der Waals surface area (Å²) in [4.78, 5) is 11.8. The van der Waals surface area contributed by atoms with Crippen LogP contribution in [0.3, 0.4) is 0 Å². The smallest absolute Gasteiger partial charge is 0.227 e. The predicted molar refractivity (Wildman–Crippen MR) is 58.8 cm³/mol. The summed E-state index contributed by atoms with van der Waals surface area (Å²) < 4.78 is 0. The number of allylic oxidation sites excluding steroid dienone is 2. The van der Waals surface area contributed by atoms with Gasteiger partial charge in [-0.25, -0.2) is 0 Å². The highest BCUT2D eigenvalue weighted by molar-refractivity contribution is 5.80. The average Bonchev–Trinajstić information content (AvgIpc) is 2.19. The van der Waals surface area contributed by atoms with Gasteiger partial charge in [-0.3, -0.25) is 4.79 Å². The van der Waals surface area contributed by atoms with E-state index in [0.29, 0.717) is 0 Å². The van der Waals surface area contributed by atoms with E-state index < -0.39 is 0 Å². The van der Waals surface area contributed by atoms with E-state index in [4.69, 9.17) is 0 Å². The molecule has 1 saturated carbocycles. The third kappa shape index (κ3) is 3.17. The molecule has 1 aliphatic rings. The first-order valence-electron chi connectivity index (χ1n) is 5.56. The topological polar surface area (TPSA) is 29.1 Å². The lowest BCUT2D eigenvalue weighted by atomic mass is 9.88. The molecule has 1 fully saturated rings. The normalized spacial score (nSPS) is 17.6. The van der Waals surface area contributed by atoms with Crippen LogP contribution in [0.25, 0.3) is 0 Å². The summed E-state index contributed by atoms with van der Waals surface area (Å²) in [5.41, 5.74) is 2.20. The van der Waals surface area contributed by atoms with Crippen LogP contribution in [0.5, 0.6) is 0 Å². The van der Waals surface area contributed by atoms with Crippen LogP contribution >= 0.6 is 0 Å². The Morgan fingerprint density at radius 2 is 1.64 bits per heavy atom. The maximum atomic E-state index is 11.8. The number of carbonyl (C=O) groups is 1. The first kappa shape index (κ1) is 11.3. The fourth-order valence-corrected chi connectivity index (χ4v) is 1.78. The van der Waals surface area contributed by atoms with E-state index in [2.05, 4.69) is 5.32 Å². The van der Waals surface area contributed by atoms with Gasteiger partial charge >= 0.3 is 0 Å². The zero-order chi connectivity index (χ0) is 10.6. The first-order chi connectivity index (χ1) is 6.61. The Hall–Kier alpha value is -0.790. The molecule has 0 unspecified atom stereocenters. The summed E-state index contributed by atoms with van der Waals surface area (Å²) in [5.74, 6) is 0.487. The van der Waals surface area contributed by atoms with Crippen molar-refractivity contribution < 1.29 is 4.79 Å². The molecule has 0 radical (unpaired) electrons. The van der Waals surface area contributed by atoms with Crippen LogP contribution in [0.15, 0.2) is 11.3 Å². The molecule has 0 heterocycles. The second kappa shape index (κ2) is 5.18. The van der Waals surface area contributed by atoms with Gasteiger partial charge in [0.05, 0.1) is 0 Å². The van der Waals surface area contributed by atoms with E-state index in [1.54, 1.807) is 0 Å². The Morgan fingerprint density at radius 1 is 1.07 bits per heavy atom. The van der Waals surface area contributed by atoms with Gasteiger partial charge in [0.25, 0.3) is 0 Å². The van der Waals surface area contributed by atoms with Crippen molar-refractivity contribution in [2.24, 2.45) is 5.92 Å². The Labute approximate surface area is 86.8 Å².